The van der Waals surface area contributed by atoms with Crippen LogP contribution in [0.4, 0.5) is 16.5 Å². The van der Waals surface area contributed by atoms with E-state index >= 15 is 0 Å². The van der Waals surface area contributed by atoms with Crippen molar-refractivity contribution in [3.8, 4) is 0 Å². The van der Waals surface area contributed by atoms with Crippen molar-refractivity contribution in [3.63, 3.8) is 0 Å². The molecule has 1 aliphatic carbocycles. The fourth-order valence-corrected chi connectivity index (χ4v) is 6.67. The maximum Gasteiger partial charge on any atom is 0.348 e. The Balaban J connectivity index is 1.38. The molecular weight excluding hydrogens is 496 g/mol. The van der Waals surface area contributed by atoms with Gasteiger partial charge in [0.05, 0.1) is 10.4 Å². The third-order valence-electron chi connectivity index (χ3n) is 6.64. The first-order chi connectivity index (χ1) is 17.3. The summed E-state index contributed by atoms with van der Waals surface area (Å²) in [4.78, 5) is 33.0. The van der Waals surface area contributed by atoms with Crippen LogP contribution in [-0.2, 0) is 9.53 Å². The Morgan fingerprint density at radius 3 is 2.36 bits per heavy atom. The van der Waals surface area contributed by atoms with E-state index in [-0.39, 0.29) is 23.8 Å². The van der Waals surface area contributed by atoms with Gasteiger partial charge >= 0.3 is 5.97 Å². The smallest absolute Gasteiger partial charge is 0.348 e. The Bertz CT molecular complexity index is 1240. The highest BCUT2D eigenvalue weighted by molar-refractivity contribution is 7.30. The number of benzene rings is 1. The summed E-state index contributed by atoms with van der Waals surface area (Å²) in [5.74, 6) is -0.611. The zero-order valence-electron chi connectivity index (χ0n) is 21.1. The van der Waals surface area contributed by atoms with Crippen molar-refractivity contribution < 1.29 is 19.4 Å². The van der Waals surface area contributed by atoms with E-state index in [1.165, 1.54) is 29.6 Å². The number of thiazole rings is 1. The Hall–Kier alpha value is -2.69. The molecule has 0 saturated heterocycles. The van der Waals surface area contributed by atoms with Gasteiger partial charge in [-0.1, -0.05) is 11.3 Å². The van der Waals surface area contributed by atoms with E-state index in [1.54, 1.807) is 0 Å². The molecule has 1 unspecified atom stereocenters. The number of Topliss-reactive ketones (excluding diaryl/α,β-unsaturated/α-hetero) is 1. The average molecular weight is 529 g/mol. The number of ketones is 1. The van der Waals surface area contributed by atoms with Gasteiger partial charge in [0.1, 0.15) is 21.9 Å². The lowest BCUT2D eigenvalue weighted by molar-refractivity contribution is -0.131. The molecule has 0 spiro atoms. The summed E-state index contributed by atoms with van der Waals surface area (Å²) >= 11 is 2.72. The summed E-state index contributed by atoms with van der Waals surface area (Å²) in [6.07, 6.45) is 1.38. The fraction of sp³-hybridized carbons (Fsp3) is 0.500. The van der Waals surface area contributed by atoms with E-state index in [1.807, 2.05) is 31.2 Å². The summed E-state index contributed by atoms with van der Waals surface area (Å²) in [5.41, 5.74) is 2.76. The number of aliphatic hydroxyl groups excluding tert-OH is 1. The molecule has 192 valence electrons. The minimum absolute atomic E-state index is 0.121. The normalized spacial score (nSPS) is 19.0. The van der Waals surface area contributed by atoms with Crippen LogP contribution in [0, 0.1) is 12.8 Å². The van der Waals surface area contributed by atoms with Gasteiger partial charge in [-0.2, -0.15) is 0 Å². The topological polar surface area (TPSA) is 104 Å². The number of aliphatic hydroxyl groups is 1. The molecule has 1 fully saturated rings. The van der Waals surface area contributed by atoms with Crippen LogP contribution in [0.1, 0.15) is 61.7 Å². The maximum absolute atomic E-state index is 12.9. The molecule has 2 aromatic heterocycles. The fourth-order valence-electron chi connectivity index (χ4n) is 4.55. The Morgan fingerprint density at radius 2 is 1.78 bits per heavy atom. The third-order valence-corrected chi connectivity index (χ3v) is 9.00. The van der Waals surface area contributed by atoms with Gasteiger partial charge in [0.25, 0.3) is 0 Å². The molecule has 1 saturated carbocycles. The minimum atomic E-state index is -0.939. The monoisotopic (exact) mass is 528 g/mol. The number of fused-ring (bicyclic) bond motifs is 1. The zero-order chi connectivity index (χ0) is 25.8. The summed E-state index contributed by atoms with van der Waals surface area (Å²) < 4.78 is 6.67. The first-order valence-corrected chi connectivity index (χ1v) is 14.0. The number of ether oxygens (including phenoxy) is 1. The predicted octanol–water partition coefficient (Wildman–Crippen LogP) is 6.59. The molecule has 1 aromatic carbocycles. The number of carbonyl (C=O) groups is 2. The second-order valence-electron chi connectivity index (χ2n) is 9.03. The van der Waals surface area contributed by atoms with E-state index in [2.05, 4.69) is 34.0 Å². The molecule has 2 heterocycles. The standard InChI is InChI=1S/C26H32N4O4S2/c1-5-30(6-2)19-11-9-18(10-12-19)28-29-26-27-24-22(36-26)15(3)23(35-24)25(33)34-20-13-7-17(8-14-20)21(32)16(4)31/h9-12,16-17,20,31H,5-8,13-14H2,1-4H3. The summed E-state index contributed by atoms with van der Waals surface area (Å²) in [6.45, 7) is 9.58. The molecule has 0 radical (unpaired) electrons. The number of aryl methyl sites for hydroxylation is 1. The number of hydrogen-bond acceptors (Lipinski definition) is 10. The van der Waals surface area contributed by atoms with Crippen LogP contribution in [-0.4, -0.2) is 47.1 Å². The van der Waals surface area contributed by atoms with Gasteiger partial charge in [-0.3, -0.25) is 4.79 Å². The van der Waals surface area contributed by atoms with Crippen molar-refractivity contribution in [2.75, 3.05) is 18.0 Å². The molecule has 8 nitrogen and oxygen atoms in total. The minimum Gasteiger partial charge on any atom is -0.458 e. The van der Waals surface area contributed by atoms with Crippen LogP contribution in [0.2, 0.25) is 0 Å². The van der Waals surface area contributed by atoms with Crippen LogP contribution < -0.4 is 4.90 Å². The number of azo groups is 1. The molecule has 0 bridgehead atoms. The average Bonchev–Trinajstić information content (AvgIpc) is 3.42. The van der Waals surface area contributed by atoms with Crippen molar-refractivity contribution in [3.05, 3.63) is 34.7 Å². The molecule has 10 heteroatoms. The molecule has 1 aliphatic rings. The lowest BCUT2D eigenvalue weighted by Crippen LogP contribution is -2.32. The second-order valence-corrected chi connectivity index (χ2v) is 11.0. The van der Waals surface area contributed by atoms with Crippen molar-refractivity contribution in [2.45, 2.75) is 65.6 Å². The number of hydrogen-bond donors (Lipinski definition) is 1. The number of anilines is 1. The van der Waals surface area contributed by atoms with E-state index in [0.717, 1.165) is 39.6 Å². The van der Waals surface area contributed by atoms with E-state index in [4.69, 9.17) is 4.74 Å². The molecule has 0 aliphatic heterocycles. The molecule has 0 amide bonds. The molecule has 1 N–H and O–H groups in total. The Labute approximate surface area is 219 Å². The van der Waals surface area contributed by atoms with Crippen LogP contribution >= 0.6 is 22.7 Å². The van der Waals surface area contributed by atoms with Crippen LogP contribution in [0.25, 0.3) is 9.53 Å². The first-order valence-electron chi connectivity index (χ1n) is 12.4. The van der Waals surface area contributed by atoms with Gasteiger partial charge < -0.3 is 14.7 Å². The van der Waals surface area contributed by atoms with Gasteiger partial charge in [0.15, 0.2) is 5.78 Å². The van der Waals surface area contributed by atoms with Crippen LogP contribution in [0.5, 0.6) is 0 Å². The number of thiophene rings is 1. The molecule has 3 aromatic rings. The highest BCUT2D eigenvalue weighted by Gasteiger charge is 2.31. The summed E-state index contributed by atoms with van der Waals surface area (Å²) in [7, 11) is 0. The summed E-state index contributed by atoms with van der Waals surface area (Å²) in [5, 5.41) is 18.7. The number of esters is 1. The number of nitrogens with zero attached hydrogens (tertiary/aromatic N) is 4. The van der Waals surface area contributed by atoms with Gasteiger partial charge in [0.2, 0.25) is 5.13 Å². The summed E-state index contributed by atoms with van der Waals surface area (Å²) in [6, 6.07) is 7.98. The van der Waals surface area contributed by atoms with Crippen molar-refractivity contribution in [1.29, 1.82) is 0 Å². The van der Waals surface area contributed by atoms with Crippen molar-refractivity contribution in [1.82, 2.24) is 4.98 Å². The van der Waals surface area contributed by atoms with Crippen LogP contribution in [0.3, 0.4) is 0 Å². The van der Waals surface area contributed by atoms with Crippen molar-refractivity contribution >= 4 is 60.5 Å². The lowest BCUT2D eigenvalue weighted by Gasteiger charge is -2.28. The van der Waals surface area contributed by atoms with E-state index < -0.39 is 6.10 Å². The second kappa shape index (κ2) is 11.6. The van der Waals surface area contributed by atoms with Gasteiger partial charge in [-0.15, -0.1) is 21.6 Å². The molecular formula is C26H32N4O4S2. The van der Waals surface area contributed by atoms with Gasteiger partial charge in [0, 0.05) is 24.7 Å². The maximum atomic E-state index is 12.9. The predicted molar refractivity (Wildman–Crippen MR) is 144 cm³/mol. The zero-order valence-corrected chi connectivity index (χ0v) is 22.7. The van der Waals surface area contributed by atoms with Crippen molar-refractivity contribution in [2.24, 2.45) is 16.1 Å². The van der Waals surface area contributed by atoms with E-state index in [9.17, 15) is 14.7 Å². The highest BCUT2D eigenvalue weighted by Crippen LogP contribution is 2.39. The highest BCUT2D eigenvalue weighted by atomic mass is 32.1. The van der Waals surface area contributed by atoms with Gasteiger partial charge in [-0.05, 0) is 83.2 Å². The Kier molecular flexibility index (Phi) is 8.48. The molecule has 36 heavy (non-hydrogen) atoms. The first kappa shape index (κ1) is 26.4. The molecule has 4 rings (SSSR count). The lowest BCUT2D eigenvalue weighted by atomic mass is 9.83. The van der Waals surface area contributed by atoms with Gasteiger partial charge in [-0.25, -0.2) is 9.78 Å². The number of rotatable bonds is 9. The number of aromatic nitrogens is 1. The quantitative estimate of drug-likeness (QED) is 0.248. The molecule has 1 atom stereocenters. The number of carbonyl (C=O) groups excluding carboxylic acids is 2. The Morgan fingerprint density at radius 1 is 1.11 bits per heavy atom. The third kappa shape index (κ3) is 5.82. The van der Waals surface area contributed by atoms with E-state index in [0.29, 0.717) is 35.7 Å². The SMILES string of the molecule is CCN(CC)c1ccc(N=Nc2nc3sc(C(=O)OC4CCC(C(=O)C(C)O)CC4)c(C)c3s2)cc1. The largest absolute Gasteiger partial charge is 0.458 e. The van der Waals surface area contributed by atoms with Crippen LogP contribution in [0.15, 0.2) is 34.5 Å².